The van der Waals surface area contributed by atoms with Crippen LogP contribution in [0.2, 0.25) is 0 Å². The van der Waals surface area contributed by atoms with Crippen LogP contribution in [0.15, 0.2) is 47.4 Å². The Morgan fingerprint density at radius 2 is 1.65 bits per heavy atom. The van der Waals surface area contributed by atoms with Gasteiger partial charge in [-0.2, -0.15) is 0 Å². The highest BCUT2D eigenvalue weighted by Crippen LogP contribution is 2.26. The third-order valence-electron chi connectivity index (χ3n) is 4.30. The molecule has 1 unspecified atom stereocenters. The van der Waals surface area contributed by atoms with Crippen molar-refractivity contribution in [1.29, 1.82) is 0 Å². The van der Waals surface area contributed by atoms with Gasteiger partial charge in [-0.15, -0.1) is 0 Å². The number of nitrogens with one attached hydrogen (secondary N) is 1. The van der Waals surface area contributed by atoms with Crippen molar-refractivity contribution in [2.24, 2.45) is 0 Å². The zero-order chi connectivity index (χ0) is 19.7. The van der Waals surface area contributed by atoms with Crippen LogP contribution in [0, 0.1) is 17.0 Å². The maximum absolute atomic E-state index is 12.6. The minimum atomic E-state index is -3.87. The molecule has 0 fully saturated rings. The molecule has 26 heavy (non-hydrogen) atoms. The van der Waals surface area contributed by atoms with Gasteiger partial charge in [0.15, 0.2) is 0 Å². The van der Waals surface area contributed by atoms with E-state index in [4.69, 9.17) is 0 Å². The SMILES string of the molecule is Cc1ccc(S(=O)(=O)NC(C)c2ccc(C(C)(C)C)cc2)cc1[N+](=O)[O-]. The van der Waals surface area contributed by atoms with Gasteiger partial charge in [0.1, 0.15) is 0 Å². The third-order valence-corrected chi connectivity index (χ3v) is 5.83. The summed E-state index contributed by atoms with van der Waals surface area (Å²) >= 11 is 0. The first-order chi connectivity index (χ1) is 11.9. The van der Waals surface area contributed by atoms with Crippen LogP contribution in [0.3, 0.4) is 0 Å². The number of nitro benzene ring substituents is 1. The van der Waals surface area contributed by atoms with Crippen molar-refractivity contribution >= 4 is 15.7 Å². The van der Waals surface area contributed by atoms with Gasteiger partial charge in [-0.3, -0.25) is 10.1 Å². The molecule has 0 bridgehead atoms. The Hall–Kier alpha value is -2.25. The number of aryl methyl sites for hydroxylation is 1. The lowest BCUT2D eigenvalue weighted by molar-refractivity contribution is -0.385. The summed E-state index contributed by atoms with van der Waals surface area (Å²) in [5, 5.41) is 11.0. The van der Waals surface area contributed by atoms with Gasteiger partial charge in [0.25, 0.3) is 5.69 Å². The van der Waals surface area contributed by atoms with E-state index < -0.39 is 21.0 Å². The number of hydrogen-bond acceptors (Lipinski definition) is 4. The predicted octanol–water partition coefficient (Wildman–Crippen LogP) is 4.24. The third kappa shape index (κ3) is 4.47. The van der Waals surface area contributed by atoms with Crippen molar-refractivity contribution in [2.45, 2.75) is 51.0 Å². The molecule has 1 N–H and O–H groups in total. The van der Waals surface area contributed by atoms with Gasteiger partial charge >= 0.3 is 0 Å². The summed E-state index contributed by atoms with van der Waals surface area (Å²) < 4.78 is 27.8. The molecule has 0 aliphatic heterocycles. The van der Waals surface area contributed by atoms with Crippen LogP contribution in [0.1, 0.15) is 50.4 Å². The molecule has 0 spiro atoms. The second-order valence-electron chi connectivity index (χ2n) is 7.42. The van der Waals surface area contributed by atoms with E-state index in [0.29, 0.717) is 5.56 Å². The number of benzene rings is 2. The van der Waals surface area contributed by atoms with Crippen molar-refractivity contribution in [3.63, 3.8) is 0 Å². The van der Waals surface area contributed by atoms with E-state index in [-0.39, 0.29) is 16.0 Å². The maximum atomic E-state index is 12.6. The molecule has 0 aliphatic rings. The van der Waals surface area contributed by atoms with E-state index in [1.165, 1.54) is 12.1 Å². The van der Waals surface area contributed by atoms with Crippen molar-refractivity contribution in [2.75, 3.05) is 0 Å². The van der Waals surface area contributed by atoms with Gasteiger partial charge in [-0.25, -0.2) is 13.1 Å². The smallest absolute Gasteiger partial charge is 0.258 e. The van der Waals surface area contributed by atoms with E-state index >= 15 is 0 Å². The minimum absolute atomic E-state index is 0.0160. The topological polar surface area (TPSA) is 89.3 Å². The molecule has 0 amide bonds. The van der Waals surface area contributed by atoms with E-state index in [9.17, 15) is 18.5 Å². The Morgan fingerprint density at radius 1 is 1.08 bits per heavy atom. The second kappa shape index (κ2) is 7.17. The van der Waals surface area contributed by atoms with Crippen molar-refractivity contribution < 1.29 is 13.3 Å². The summed E-state index contributed by atoms with van der Waals surface area (Å²) in [6, 6.07) is 11.2. The molecule has 0 radical (unpaired) electrons. The molecule has 0 heterocycles. The van der Waals surface area contributed by atoms with E-state index in [2.05, 4.69) is 25.5 Å². The van der Waals surface area contributed by atoms with Crippen LogP contribution < -0.4 is 4.72 Å². The molecule has 0 aliphatic carbocycles. The Balaban J connectivity index is 2.26. The van der Waals surface area contributed by atoms with E-state index in [1.54, 1.807) is 13.8 Å². The largest absolute Gasteiger partial charge is 0.273 e. The highest BCUT2D eigenvalue weighted by atomic mass is 32.2. The molecule has 2 aromatic rings. The molecule has 2 aromatic carbocycles. The lowest BCUT2D eigenvalue weighted by atomic mass is 9.86. The fourth-order valence-electron chi connectivity index (χ4n) is 2.59. The zero-order valence-electron chi connectivity index (χ0n) is 15.6. The first kappa shape index (κ1) is 20.1. The Kier molecular flexibility index (Phi) is 5.53. The number of nitro groups is 1. The Labute approximate surface area is 154 Å². The van der Waals surface area contributed by atoms with Crippen molar-refractivity contribution in [3.8, 4) is 0 Å². The van der Waals surface area contributed by atoms with Crippen molar-refractivity contribution in [3.05, 3.63) is 69.3 Å². The highest BCUT2D eigenvalue weighted by molar-refractivity contribution is 7.89. The number of hydrogen-bond donors (Lipinski definition) is 1. The fourth-order valence-corrected chi connectivity index (χ4v) is 3.85. The van der Waals surface area contributed by atoms with Gasteiger partial charge < -0.3 is 0 Å². The summed E-state index contributed by atoms with van der Waals surface area (Å²) in [6.07, 6.45) is 0. The first-order valence-corrected chi connectivity index (χ1v) is 9.78. The first-order valence-electron chi connectivity index (χ1n) is 8.29. The second-order valence-corrected chi connectivity index (χ2v) is 9.13. The summed E-state index contributed by atoms with van der Waals surface area (Å²) in [5.41, 5.74) is 2.20. The Morgan fingerprint density at radius 3 is 2.15 bits per heavy atom. The maximum Gasteiger partial charge on any atom is 0.273 e. The average Bonchev–Trinajstić information content (AvgIpc) is 2.53. The molecule has 0 saturated carbocycles. The molecule has 0 aromatic heterocycles. The van der Waals surface area contributed by atoms with Crippen molar-refractivity contribution in [1.82, 2.24) is 4.72 Å². The van der Waals surface area contributed by atoms with Gasteiger partial charge in [0.05, 0.1) is 9.82 Å². The van der Waals surface area contributed by atoms with Crippen LogP contribution in [0.25, 0.3) is 0 Å². The van der Waals surface area contributed by atoms with Gasteiger partial charge in [0, 0.05) is 17.7 Å². The number of sulfonamides is 1. The summed E-state index contributed by atoms with van der Waals surface area (Å²) in [6.45, 7) is 9.64. The predicted molar refractivity (Wildman–Crippen MR) is 102 cm³/mol. The Bertz CT molecular complexity index is 914. The molecular formula is C19H24N2O4S. The molecule has 7 heteroatoms. The summed E-state index contributed by atoms with van der Waals surface area (Å²) in [4.78, 5) is 10.3. The summed E-state index contributed by atoms with van der Waals surface area (Å²) in [5.74, 6) is 0. The zero-order valence-corrected chi connectivity index (χ0v) is 16.4. The minimum Gasteiger partial charge on any atom is -0.258 e. The van der Waals surface area contributed by atoms with Gasteiger partial charge in [-0.05, 0) is 36.5 Å². The molecular weight excluding hydrogens is 352 g/mol. The van der Waals surface area contributed by atoms with E-state index in [1.807, 2.05) is 24.3 Å². The molecule has 2 rings (SSSR count). The lowest BCUT2D eigenvalue weighted by Gasteiger charge is -2.20. The van der Waals surface area contributed by atoms with E-state index in [0.717, 1.165) is 17.2 Å². The van der Waals surface area contributed by atoms with Crippen LogP contribution in [0.4, 0.5) is 5.69 Å². The molecule has 0 saturated heterocycles. The van der Waals surface area contributed by atoms with Gasteiger partial charge in [-0.1, -0.05) is 51.1 Å². The average molecular weight is 376 g/mol. The fraction of sp³-hybridized carbons (Fsp3) is 0.368. The van der Waals surface area contributed by atoms with Crippen LogP contribution in [-0.4, -0.2) is 13.3 Å². The highest BCUT2D eigenvalue weighted by Gasteiger charge is 2.22. The normalized spacial score (nSPS) is 13.4. The molecule has 1 atom stereocenters. The standard InChI is InChI=1S/C19H24N2O4S/c1-13-6-11-17(12-18(13)21(22)23)26(24,25)20-14(2)15-7-9-16(10-8-15)19(3,4)5/h6-12,14,20H,1-5H3. The number of rotatable bonds is 5. The van der Waals surface area contributed by atoms with Gasteiger partial charge in [0.2, 0.25) is 10.0 Å². The van der Waals surface area contributed by atoms with Crippen LogP contribution >= 0.6 is 0 Å². The molecule has 140 valence electrons. The quantitative estimate of drug-likeness (QED) is 0.624. The number of nitrogens with zero attached hydrogens (tertiary/aromatic N) is 1. The monoisotopic (exact) mass is 376 g/mol. The summed E-state index contributed by atoms with van der Waals surface area (Å²) in [7, 11) is -3.87. The van der Waals surface area contributed by atoms with Crippen LogP contribution in [0.5, 0.6) is 0 Å². The van der Waals surface area contributed by atoms with Crippen LogP contribution in [-0.2, 0) is 15.4 Å². The lowest BCUT2D eigenvalue weighted by Crippen LogP contribution is -2.27. The molecule has 6 nitrogen and oxygen atoms in total.